The van der Waals surface area contributed by atoms with Gasteiger partial charge in [0.2, 0.25) is 0 Å². The van der Waals surface area contributed by atoms with Gasteiger partial charge in [-0.2, -0.15) is 0 Å². The predicted octanol–water partition coefficient (Wildman–Crippen LogP) is 1.31. The van der Waals surface area contributed by atoms with Gasteiger partial charge in [0.25, 0.3) is 0 Å². The number of hydrogen-bond acceptors (Lipinski definition) is 2. The van der Waals surface area contributed by atoms with Gasteiger partial charge in [-0.25, -0.2) is 0 Å². The molecule has 1 unspecified atom stereocenters. The van der Waals surface area contributed by atoms with Gasteiger partial charge in [-0.05, 0) is 24.7 Å². The van der Waals surface area contributed by atoms with Crippen LogP contribution in [0, 0.1) is 5.41 Å². The highest BCUT2D eigenvalue weighted by Gasteiger charge is 2.32. The summed E-state index contributed by atoms with van der Waals surface area (Å²) in [4.78, 5) is 0. The Morgan fingerprint density at radius 2 is 2.09 bits per heavy atom. The van der Waals surface area contributed by atoms with Crippen LogP contribution in [0.15, 0.2) is 0 Å². The molecule has 0 saturated heterocycles. The monoisotopic (exact) mass is 179 g/mol. The van der Waals surface area contributed by atoms with E-state index in [1.54, 1.807) is 0 Å². The lowest BCUT2D eigenvalue weighted by molar-refractivity contribution is 0.116. The first-order valence-corrected chi connectivity index (χ1v) is 4.03. The molecule has 0 radical (unpaired) electrons. The first kappa shape index (κ1) is 11.2. The molecule has 1 aliphatic carbocycles. The lowest BCUT2D eigenvalue weighted by Crippen LogP contribution is -2.36. The van der Waals surface area contributed by atoms with E-state index in [1.165, 1.54) is 19.3 Å². The van der Waals surface area contributed by atoms with E-state index in [0.717, 1.165) is 6.42 Å². The number of hydrogen-bond donors (Lipinski definition) is 2. The third-order valence-electron chi connectivity index (χ3n) is 2.55. The normalized spacial score (nSPS) is 23.2. The zero-order chi connectivity index (χ0) is 7.61. The van der Waals surface area contributed by atoms with E-state index in [9.17, 15) is 0 Å². The molecule has 1 rings (SSSR count). The Kier molecular flexibility index (Phi) is 4.37. The maximum atomic E-state index is 8.69. The van der Waals surface area contributed by atoms with Crippen molar-refractivity contribution in [1.29, 1.82) is 0 Å². The van der Waals surface area contributed by atoms with E-state index in [2.05, 4.69) is 6.92 Å². The molecule has 0 amide bonds. The van der Waals surface area contributed by atoms with Gasteiger partial charge in [0.15, 0.2) is 0 Å². The molecule has 1 atom stereocenters. The van der Waals surface area contributed by atoms with Crippen molar-refractivity contribution >= 4 is 12.4 Å². The average molecular weight is 180 g/mol. The molecule has 0 aromatic heterocycles. The van der Waals surface area contributed by atoms with Crippen LogP contribution in [0.1, 0.15) is 32.6 Å². The standard InChI is InChI=1S/C8H17NO.ClH/c1-8(3-2-4-8)5-7(9)6-10;/h7,10H,2-6,9H2,1H3;1H. The van der Waals surface area contributed by atoms with E-state index < -0.39 is 0 Å². The fourth-order valence-corrected chi connectivity index (χ4v) is 1.68. The van der Waals surface area contributed by atoms with Crippen molar-refractivity contribution in [3.8, 4) is 0 Å². The summed E-state index contributed by atoms with van der Waals surface area (Å²) in [5.74, 6) is 0. The molecular weight excluding hydrogens is 162 g/mol. The van der Waals surface area contributed by atoms with Gasteiger partial charge in [-0.1, -0.05) is 13.3 Å². The van der Waals surface area contributed by atoms with Gasteiger partial charge in [-0.15, -0.1) is 12.4 Å². The van der Waals surface area contributed by atoms with Gasteiger partial charge in [-0.3, -0.25) is 0 Å². The number of halogens is 1. The van der Waals surface area contributed by atoms with Gasteiger partial charge in [0.1, 0.15) is 0 Å². The fourth-order valence-electron chi connectivity index (χ4n) is 1.68. The van der Waals surface area contributed by atoms with Crippen LogP contribution < -0.4 is 5.73 Å². The maximum absolute atomic E-state index is 8.69. The zero-order valence-electron chi connectivity index (χ0n) is 7.05. The van der Waals surface area contributed by atoms with Crippen LogP contribution >= 0.6 is 12.4 Å². The Hall–Kier alpha value is 0.210. The highest BCUT2D eigenvalue weighted by molar-refractivity contribution is 5.85. The molecule has 0 aliphatic heterocycles. The van der Waals surface area contributed by atoms with Crippen LogP contribution in [-0.4, -0.2) is 17.8 Å². The first-order chi connectivity index (χ1) is 4.66. The smallest absolute Gasteiger partial charge is 0.0582 e. The molecule has 3 heteroatoms. The van der Waals surface area contributed by atoms with Crippen molar-refractivity contribution in [2.45, 2.75) is 38.6 Å². The Morgan fingerprint density at radius 3 is 2.36 bits per heavy atom. The minimum atomic E-state index is 0. The van der Waals surface area contributed by atoms with Crippen LogP contribution in [0.25, 0.3) is 0 Å². The molecule has 3 N–H and O–H groups in total. The van der Waals surface area contributed by atoms with Crippen LogP contribution in [0.2, 0.25) is 0 Å². The molecule has 0 heterocycles. The maximum Gasteiger partial charge on any atom is 0.0582 e. The van der Waals surface area contributed by atoms with Gasteiger partial charge in [0, 0.05) is 6.04 Å². The van der Waals surface area contributed by atoms with E-state index >= 15 is 0 Å². The van der Waals surface area contributed by atoms with Gasteiger partial charge in [0.05, 0.1) is 6.61 Å². The predicted molar refractivity (Wildman–Crippen MR) is 48.9 cm³/mol. The van der Waals surface area contributed by atoms with E-state index in [-0.39, 0.29) is 25.1 Å². The summed E-state index contributed by atoms with van der Waals surface area (Å²) in [6.45, 7) is 2.39. The minimum Gasteiger partial charge on any atom is -0.395 e. The summed E-state index contributed by atoms with van der Waals surface area (Å²) in [7, 11) is 0. The van der Waals surface area contributed by atoms with Crippen molar-refractivity contribution < 1.29 is 5.11 Å². The number of aliphatic hydroxyl groups is 1. The van der Waals surface area contributed by atoms with Crippen molar-refractivity contribution in [3.05, 3.63) is 0 Å². The first-order valence-electron chi connectivity index (χ1n) is 4.03. The van der Waals surface area contributed by atoms with Crippen molar-refractivity contribution in [2.75, 3.05) is 6.61 Å². The van der Waals surface area contributed by atoms with Crippen LogP contribution in [0.4, 0.5) is 0 Å². The van der Waals surface area contributed by atoms with Crippen LogP contribution in [0.3, 0.4) is 0 Å². The Bertz CT molecular complexity index is 115. The Balaban J connectivity index is 0.000001000. The summed E-state index contributed by atoms with van der Waals surface area (Å²) in [6.07, 6.45) is 4.92. The summed E-state index contributed by atoms with van der Waals surface area (Å²) in [5.41, 5.74) is 6.08. The lowest BCUT2D eigenvalue weighted by atomic mass is 9.67. The highest BCUT2D eigenvalue weighted by Crippen LogP contribution is 2.43. The van der Waals surface area contributed by atoms with Crippen molar-refractivity contribution in [1.82, 2.24) is 0 Å². The molecule has 0 bridgehead atoms. The third kappa shape index (κ3) is 2.97. The lowest BCUT2D eigenvalue weighted by Gasteiger charge is -2.39. The molecular formula is C8H18ClNO. The summed E-state index contributed by atoms with van der Waals surface area (Å²) in [5, 5.41) is 8.69. The second-order valence-corrected chi connectivity index (χ2v) is 3.81. The molecule has 1 fully saturated rings. The molecule has 1 saturated carbocycles. The van der Waals surface area contributed by atoms with E-state index in [4.69, 9.17) is 10.8 Å². The topological polar surface area (TPSA) is 46.2 Å². The van der Waals surface area contributed by atoms with Crippen LogP contribution in [0.5, 0.6) is 0 Å². The van der Waals surface area contributed by atoms with Gasteiger partial charge < -0.3 is 10.8 Å². The van der Waals surface area contributed by atoms with Crippen LogP contribution in [-0.2, 0) is 0 Å². The van der Waals surface area contributed by atoms with Crippen molar-refractivity contribution in [2.24, 2.45) is 11.1 Å². The molecule has 0 aromatic rings. The Morgan fingerprint density at radius 1 is 1.55 bits per heavy atom. The molecule has 0 spiro atoms. The SMILES string of the molecule is CC1(CC(N)CO)CCC1.Cl. The number of aliphatic hydroxyl groups excluding tert-OH is 1. The Labute approximate surface area is 74.6 Å². The molecule has 11 heavy (non-hydrogen) atoms. The average Bonchev–Trinajstić information content (AvgIpc) is 1.84. The quantitative estimate of drug-likeness (QED) is 0.687. The third-order valence-corrected chi connectivity index (χ3v) is 2.55. The number of rotatable bonds is 3. The zero-order valence-corrected chi connectivity index (χ0v) is 7.86. The largest absolute Gasteiger partial charge is 0.395 e. The van der Waals surface area contributed by atoms with E-state index in [1.807, 2.05) is 0 Å². The van der Waals surface area contributed by atoms with Gasteiger partial charge >= 0.3 is 0 Å². The summed E-state index contributed by atoms with van der Waals surface area (Å²) in [6, 6.07) is 0.00491. The van der Waals surface area contributed by atoms with Crippen molar-refractivity contribution in [3.63, 3.8) is 0 Å². The second-order valence-electron chi connectivity index (χ2n) is 3.81. The molecule has 68 valence electrons. The number of nitrogens with two attached hydrogens (primary N) is 1. The minimum absolute atomic E-state index is 0. The molecule has 2 nitrogen and oxygen atoms in total. The fraction of sp³-hybridized carbons (Fsp3) is 1.00. The molecule has 0 aromatic carbocycles. The molecule has 1 aliphatic rings. The summed E-state index contributed by atoms with van der Waals surface area (Å²) < 4.78 is 0. The summed E-state index contributed by atoms with van der Waals surface area (Å²) >= 11 is 0. The highest BCUT2D eigenvalue weighted by atomic mass is 35.5. The van der Waals surface area contributed by atoms with E-state index in [0.29, 0.717) is 5.41 Å². The second kappa shape index (κ2) is 4.29.